The summed E-state index contributed by atoms with van der Waals surface area (Å²) >= 11 is 6.02. The molecule has 0 atom stereocenters. The molecule has 2 aliphatic rings. The Balaban J connectivity index is 1.79. The molecule has 0 aliphatic carbocycles. The monoisotopic (exact) mass is 343 g/mol. The highest BCUT2D eigenvalue weighted by Crippen LogP contribution is 2.29. The van der Waals surface area contributed by atoms with Gasteiger partial charge in [-0.25, -0.2) is 4.98 Å². The lowest BCUT2D eigenvalue weighted by atomic mass is 10.1. The van der Waals surface area contributed by atoms with Crippen molar-refractivity contribution in [2.24, 2.45) is 0 Å². The smallest absolute Gasteiger partial charge is 0.274 e. The van der Waals surface area contributed by atoms with Crippen LogP contribution in [-0.2, 0) is 13.0 Å². The highest BCUT2D eigenvalue weighted by molar-refractivity contribution is 6.30. The van der Waals surface area contributed by atoms with E-state index < -0.39 is 0 Å². The van der Waals surface area contributed by atoms with Crippen LogP contribution in [0.2, 0.25) is 5.02 Å². The minimum absolute atomic E-state index is 0.110. The number of aromatic nitrogens is 2. The van der Waals surface area contributed by atoms with Crippen LogP contribution in [0.15, 0.2) is 24.3 Å². The zero-order valence-corrected chi connectivity index (χ0v) is 14.6. The number of likely N-dealkylation sites (tertiary alicyclic amines) is 1. The van der Waals surface area contributed by atoms with Crippen molar-refractivity contribution in [1.29, 1.82) is 0 Å². The van der Waals surface area contributed by atoms with Gasteiger partial charge < -0.3 is 9.47 Å². The fraction of sp³-hybridized carbons (Fsp3) is 0.474. The summed E-state index contributed by atoms with van der Waals surface area (Å²) in [6, 6.07) is 7.76. The third kappa shape index (κ3) is 2.84. The van der Waals surface area contributed by atoms with E-state index in [0.717, 1.165) is 73.8 Å². The number of imidazole rings is 1. The molecule has 3 heterocycles. The minimum atomic E-state index is 0.110. The molecule has 2 aliphatic heterocycles. The molecule has 5 heteroatoms. The first-order valence-corrected chi connectivity index (χ1v) is 9.26. The van der Waals surface area contributed by atoms with Crippen LogP contribution < -0.4 is 0 Å². The summed E-state index contributed by atoms with van der Waals surface area (Å²) in [4.78, 5) is 19.7. The van der Waals surface area contributed by atoms with E-state index in [0.29, 0.717) is 5.69 Å². The fourth-order valence-electron chi connectivity index (χ4n) is 3.78. The van der Waals surface area contributed by atoms with Crippen molar-refractivity contribution in [2.75, 3.05) is 13.1 Å². The Morgan fingerprint density at radius 1 is 0.958 bits per heavy atom. The highest BCUT2D eigenvalue weighted by atomic mass is 35.5. The van der Waals surface area contributed by atoms with Gasteiger partial charge in [0.05, 0.1) is 5.69 Å². The molecular weight excluding hydrogens is 322 g/mol. The average molecular weight is 344 g/mol. The first-order chi connectivity index (χ1) is 11.7. The number of carbonyl (C=O) groups is 1. The van der Waals surface area contributed by atoms with E-state index in [1.54, 1.807) is 0 Å². The molecule has 1 aromatic heterocycles. The molecule has 24 heavy (non-hydrogen) atoms. The van der Waals surface area contributed by atoms with Gasteiger partial charge in [0, 0.05) is 30.2 Å². The van der Waals surface area contributed by atoms with Crippen molar-refractivity contribution in [3.63, 3.8) is 0 Å². The summed E-state index contributed by atoms with van der Waals surface area (Å²) < 4.78 is 2.26. The Kier molecular flexibility index (Phi) is 4.31. The van der Waals surface area contributed by atoms with Crippen molar-refractivity contribution in [2.45, 2.75) is 45.1 Å². The highest BCUT2D eigenvalue weighted by Gasteiger charge is 2.28. The molecule has 1 saturated heterocycles. The Bertz CT molecular complexity index is 745. The van der Waals surface area contributed by atoms with Gasteiger partial charge in [-0.05, 0) is 56.4 Å². The molecule has 0 radical (unpaired) electrons. The van der Waals surface area contributed by atoms with Gasteiger partial charge in [-0.3, -0.25) is 4.79 Å². The van der Waals surface area contributed by atoms with Crippen LogP contribution in [0.1, 0.15) is 48.3 Å². The number of nitrogens with zero attached hydrogens (tertiary/aromatic N) is 3. The second-order valence-corrected chi connectivity index (χ2v) is 7.14. The SMILES string of the molecule is O=C(c1nc(-c2ccc(Cl)cc2)n2c1CCCCC2)N1CCCC1. The molecule has 4 nitrogen and oxygen atoms in total. The molecule has 0 N–H and O–H groups in total. The Morgan fingerprint density at radius 3 is 2.42 bits per heavy atom. The first-order valence-electron chi connectivity index (χ1n) is 8.88. The van der Waals surface area contributed by atoms with Crippen LogP contribution in [0.4, 0.5) is 0 Å². The van der Waals surface area contributed by atoms with E-state index in [1.807, 2.05) is 29.2 Å². The van der Waals surface area contributed by atoms with Gasteiger partial charge in [0.25, 0.3) is 5.91 Å². The van der Waals surface area contributed by atoms with Gasteiger partial charge in [-0.2, -0.15) is 0 Å². The van der Waals surface area contributed by atoms with Gasteiger partial charge in [-0.15, -0.1) is 0 Å². The van der Waals surface area contributed by atoms with Crippen molar-refractivity contribution in [3.8, 4) is 11.4 Å². The van der Waals surface area contributed by atoms with Crippen molar-refractivity contribution in [3.05, 3.63) is 40.7 Å². The molecule has 1 fully saturated rings. The van der Waals surface area contributed by atoms with Crippen molar-refractivity contribution < 1.29 is 4.79 Å². The van der Waals surface area contributed by atoms with Gasteiger partial charge >= 0.3 is 0 Å². The van der Waals surface area contributed by atoms with Crippen molar-refractivity contribution >= 4 is 17.5 Å². The quantitative estimate of drug-likeness (QED) is 0.821. The van der Waals surface area contributed by atoms with Crippen LogP contribution in [-0.4, -0.2) is 33.4 Å². The van der Waals surface area contributed by atoms with E-state index in [-0.39, 0.29) is 5.91 Å². The third-order valence-corrected chi connectivity index (χ3v) is 5.32. The number of benzene rings is 1. The maximum atomic E-state index is 13.0. The Morgan fingerprint density at radius 2 is 1.67 bits per heavy atom. The largest absolute Gasteiger partial charge is 0.337 e. The molecule has 1 aromatic carbocycles. The predicted octanol–water partition coefficient (Wildman–Crippen LogP) is 4.17. The molecule has 2 aromatic rings. The van der Waals surface area contributed by atoms with Crippen LogP contribution >= 0.6 is 11.6 Å². The van der Waals surface area contributed by atoms with Crippen molar-refractivity contribution in [1.82, 2.24) is 14.5 Å². The lowest BCUT2D eigenvalue weighted by Gasteiger charge is -2.14. The summed E-state index contributed by atoms with van der Waals surface area (Å²) in [6.45, 7) is 2.66. The molecule has 126 valence electrons. The summed E-state index contributed by atoms with van der Waals surface area (Å²) in [5.41, 5.74) is 2.82. The topological polar surface area (TPSA) is 38.1 Å². The third-order valence-electron chi connectivity index (χ3n) is 5.07. The first kappa shape index (κ1) is 15.7. The summed E-state index contributed by atoms with van der Waals surface area (Å²) in [5.74, 6) is 1.02. The van der Waals surface area contributed by atoms with Crippen LogP contribution in [0.5, 0.6) is 0 Å². The standard InChI is InChI=1S/C19H22ClN3O/c20-15-9-7-14(8-10-15)18-21-17(19(24)22-11-4-5-12-22)16-6-2-1-3-13-23(16)18/h7-10H,1-6,11-13H2. The zero-order chi connectivity index (χ0) is 16.5. The second-order valence-electron chi connectivity index (χ2n) is 6.70. The molecule has 0 bridgehead atoms. The maximum absolute atomic E-state index is 13.0. The van der Waals surface area contributed by atoms with E-state index in [1.165, 1.54) is 6.42 Å². The van der Waals surface area contributed by atoms with E-state index in [9.17, 15) is 4.79 Å². The van der Waals surface area contributed by atoms with E-state index in [4.69, 9.17) is 16.6 Å². The molecular formula is C19H22ClN3O. The number of carbonyl (C=O) groups excluding carboxylic acids is 1. The van der Waals surface area contributed by atoms with Gasteiger partial charge in [-0.1, -0.05) is 18.0 Å². The van der Waals surface area contributed by atoms with Gasteiger partial charge in [0.15, 0.2) is 0 Å². The summed E-state index contributed by atoms with van der Waals surface area (Å²) in [7, 11) is 0. The second kappa shape index (κ2) is 6.60. The Labute approximate surface area is 147 Å². The summed E-state index contributed by atoms with van der Waals surface area (Å²) in [5, 5.41) is 0.717. The van der Waals surface area contributed by atoms with Crippen LogP contribution in [0.25, 0.3) is 11.4 Å². The number of halogens is 1. The average Bonchev–Trinajstić information content (AvgIpc) is 3.18. The lowest BCUT2D eigenvalue weighted by molar-refractivity contribution is 0.0786. The lowest BCUT2D eigenvalue weighted by Crippen LogP contribution is -2.29. The number of hydrogen-bond donors (Lipinski definition) is 0. The normalized spacial score (nSPS) is 17.6. The molecule has 1 amide bonds. The number of amides is 1. The fourth-order valence-corrected chi connectivity index (χ4v) is 3.91. The van der Waals surface area contributed by atoms with Gasteiger partial charge in [0.2, 0.25) is 0 Å². The van der Waals surface area contributed by atoms with Crippen LogP contribution in [0.3, 0.4) is 0 Å². The predicted molar refractivity (Wildman–Crippen MR) is 95.4 cm³/mol. The summed E-state index contributed by atoms with van der Waals surface area (Å²) in [6.07, 6.45) is 6.62. The number of rotatable bonds is 2. The van der Waals surface area contributed by atoms with Crippen LogP contribution in [0, 0.1) is 0 Å². The molecule has 0 unspecified atom stereocenters. The minimum Gasteiger partial charge on any atom is -0.337 e. The zero-order valence-electron chi connectivity index (χ0n) is 13.8. The van der Waals surface area contributed by atoms with E-state index in [2.05, 4.69) is 4.57 Å². The van der Waals surface area contributed by atoms with Gasteiger partial charge in [0.1, 0.15) is 11.5 Å². The number of fused-ring (bicyclic) bond motifs is 1. The number of hydrogen-bond acceptors (Lipinski definition) is 2. The molecule has 0 saturated carbocycles. The molecule has 4 rings (SSSR count). The van der Waals surface area contributed by atoms with E-state index >= 15 is 0 Å². The Hall–Kier alpha value is -1.81. The molecule has 0 spiro atoms. The maximum Gasteiger partial charge on any atom is 0.274 e.